The number of nitrogens with one attached hydrogen (secondary N) is 2. The van der Waals surface area contributed by atoms with Crippen molar-refractivity contribution in [2.75, 3.05) is 33.3 Å². The molecule has 2 saturated heterocycles. The Morgan fingerprint density at radius 3 is 2.66 bits per heavy atom. The Kier molecular flexibility index (Phi) is 7.23. The molecule has 274 valence electrons. The highest BCUT2D eigenvalue weighted by Gasteiger charge is 2.61. The highest BCUT2D eigenvalue weighted by atomic mass is 32.2. The quantitative estimate of drug-likeness (QED) is 0.214. The molecule has 8 atom stereocenters. The van der Waals surface area contributed by atoms with Crippen molar-refractivity contribution >= 4 is 28.6 Å². The number of rotatable bonds is 1. The number of nitriles is 1. The molecule has 3 aromatic carbocycles. The van der Waals surface area contributed by atoms with E-state index in [0.717, 1.165) is 67.5 Å². The lowest BCUT2D eigenvalue weighted by Crippen LogP contribution is -2.69. The Hall–Kier alpha value is -4.41. The summed E-state index contributed by atoms with van der Waals surface area (Å²) in [6, 6.07) is 11.3. The Labute approximate surface area is 312 Å². The van der Waals surface area contributed by atoms with Crippen LogP contribution in [0.15, 0.2) is 30.3 Å². The molecule has 7 aliphatic rings. The fourth-order valence-corrected chi connectivity index (χ4v) is 12.6. The largest absolute Gasteiger partial charge is 0.504 e. The first kappa shape index (κ1) is 33.2. The van der Waals surface area contributed by atoms with Crippen LogP contribution in [0, 0.1) is 32.1 Å². The standard InChI is InChI=1S/C41H43N5O6S/c1-18-11-22-13-26-27(14-42)46-28-15-50-40(48)41(39-24(12-19(2)44-41)23-9-7-8-10-25(23)43-39)16-53-38(29-20(3)21(4)36-37(31(28)29)52-17-51-36)33(46)32(45(26)5)30(22)34(47)35(18)49-6/h7-11,19,26-28,32-33,38,43-44,47H,12-13,15-17H2,1-6H3/t19-,26+,27+,28+,32-,33-,38-,41-/m1/s1. The van der Waals surface area contributed by atoms with Crippen LogP contribution in [-0.2, 0) is 27.9 Å². The molecule has 3 N–H and O–H groups in total. The number of piperazine rings is 1. The predicted molar refractivity (Wildman–Crippen MR) is 200 cm³/mol. The monoisotopic (exact) mass is 733 g/mol. The van der Waals surface area contributed by atoms with Crippen LogP contribution in [0.2, 0.25) is 0 Å². The number of H-pyrrole nitrogens is 1. The maximum atomic E-state index is 14.9. The van der Waals surface area contributed by atoms with Gasteiger partial charge < -0.3 is 29.0 Å². The molecule has 1 spiro atoms. The summed E-state index contributed by atoms with van der Waals surface area (Å²) in [5.41, 5.74) is 8.77. The fraction of sp³-hybridized carbons (Fsp3) is 0.463. The van der Waals surface area contributed by atoms with E-state index in [9.17, 15) is 15.2 Å². The Bertz CT molecular complexity index is 2300. The van der Waals surface area contributed by atoms with Gasteiger partial charge in [0.2, 0.25) is 6.79 Å². The lowest BCUT2D eigenvalue weighted by molar-refractivity contribution is -0.158. The molecule has 7 aliphatic heterocycles. The molecule has 4 bridgehead atoms. The molecule has 0 radical (unpaired) electrons. The third-order valence-electron chi connectivity index (χ3n) is 13.1. The summed E-state index contributed by atoms with van der Waals surface area (Å²) in [7, 11) is 3.68. The van der Waals surface area contributed by atoms with Gasteiger partial charge in [0, 0.05) is 51.2 Å². The zero-order chi connectivity index (χ0) is 36.7. The second-order valence-electron chi connectivity index (χ2n) is 15.7. The molecule has 11 nitrogen and oxygen atoms in total. The van der Waals surface area contributed by atoms with E-state index in [-0.39, 0.29) is 54.5 Å². The van der Waals surface area contributed by atoms with Crippen LogP contribution < -0.4 is 19.5 Å². The lowest BCUT2D eigenvalue weighted by Gasteiger charge is -2.62. The summed E-state index contributed by atoms with van der Waals surface area (Å²) in [5, 5.41) is 27.8. The second-order valence-corrected chi connectivity index (χ2v) is 16.8. The SMILES string of the molecule is COc1c(C)cc2c(c1O)[C@@H]1[C@@H]3[C@@H]4SC[C@]5(N[C@H](C)Cc6c5[nH]c5ccccc65)C(=O)OC[C@@H](c5c6c(c(C)c(C)c54)OCO6)N3[C@@H](C#N)[C@H](C2)N1C. The number of fused-ring (bicyclic) bond motifs is 11. The molecule has 0 unspecified atom stereocenters. The zero-order valence-electron chi connectivity index (χ0n) is 30.7. The fourth-order valence-electron chi connectivity index (χ4n) is 10.8. The van der Waals surface area contributed by atoms with Crippen LogP contribution in [0.25, 0.3) is 10.9 Å². The van der Waals surface area contributed by atoms with E-state index < -0.39 is 17.6 Å². The van der Waals surface area contributed by atoms with Crippen molar-refractivity contribution in [2.24, 2.45) is 0 Å². The van der Waals surface area contributed by atoms with Crippen LogP contribution in [0.5, 0.6) is 23.0 Å². The lowest BCUT2D eigenvalue weighted by atomic mass is 9.71. The number of thioether (sulfide) groups is 1. The maximum absolute atomic E-state index is 14.9. The Morgan fingerprint density at radius 2 is 1.87 bits per heavy atom. The summed E-state index contributed by atoms with van der Waals surface area (Å²) >= 11 is 1.72. The number of aromatic amines is 1. The third kappa shape index (κ3) is 4.25. The number of hydrogen-bond acceptors (Lipinski definition) is 11. The zero-order valence-corrected chi connectivity index (χ0v) is 31.5. The molecule has 1 aromatic heterocycles. The van der Waals surface area contributed by atoms with Crippen molar-refractivity contribution in [3.63, 3.8) is 0 Å². The van der Waals surface area contributed by atoms with E-state index in [1.54, 1.807) is 18.9 Å². The normalized spacial score (nSPS) is 31.3. The molecule has 0 saturated carbocycles. The van der Waals surface area contributed by atoms with E-state index in [0.29, 0.717) is 29.4 Å². The van der Waals surface area contributed by atoms with Crippen molar-refractivity contribution in [3.8, 4) is 29.1 Å². The first-order valence-electron chi connectivity index (χ1n) is 18.5. The molecule has 11 rings (SSSR count). The number of phenols is 1. The summed E-state index contributed by atoms with van der Waals surface area (Å²) in [5.74, 6) is 2.04. The van der Waals surface area contributed by atoms with Crippen molar-refractivity contribution in [1.82, 2.24) is 20.1 Å². The highest BCUT2D eigenvalue weighted by Crippen LogP contribution is 2.63. The minimum Gasteiger partial charge on any atom is -0.504 e. The molecule has 12 heteroatoms. The van der Waals surface area contributed by atoms with Gasteiger partial charge in [0.1, 0.15) is 12.6 Å². The van der Waals surface area contributed by atoms with E-state index in [4.69, 9.17) is 18.9 Å². The van der Waals surface area contributed by atoms with Gasteiger partial charge in [-0.05, 0) is 87.0 Å². The van der Waals surface area contributed by atoms with Gasteiger partial charge >= 0.3 is 5.97 Å². The number of para-hydroxylation sites is 1. The van der Waals surface area contributed by atoms with Crippen LogP contribution in [0.1, 0.15) is 74.5 Å². The number of carbonyl (C=O) groups is 1. The van der Waals surface area contributed by atoms with E-state index in [1.165, 1.54) is 0 Å². The summed E-state index contributed by atoms with van der Waals surface area (Å²) < 4.78 is 24.8. The highest BCUT2D eigenvalue weighted by molar-refractivity contribution is 7.99. The van der Waals surface area contributed by atoms with Gasteiger partial charge in [0.05, 0.1) is 31.0 Å². The van der Waals surface area contributed by atoms with Crippen molar-refractivity contribution in [2.45, 2.75) is 87.6 Å². The number of carbonyl (C=O) groups excluding carboxylic acids is 1. The molecule has 4 aromatic rings. The van der Waals surface area contributed by atoms with Gasteiger partial charge in [-0.1, -0.05) is 24.3 Å². The molecule has 0 amide bonds. The van der Waals surface area contributed by atoms with E-state index in [2.05, 4.69) is 72.2 Å². The number of ether oxygens (including phenoxy) is 4. The number of phenolic OH excluding ortho intramolecular Hbond substituents is 1. The Balaban J connectivity index is 1.24. The minimum absolute atomic E-state index is 0.0129. The van der Waals surface area contributed by atoms with Crippen LogP contribution in [0.3, 0.4) is 0 Å². The average Bonchev–Trinajstić information content (AvgIpc) is 3.78. The minimum atomic E-state index is -1.15. The smallest absolute Gasteiger partial charge is 0.333 e. The predicted octanol–water partition coefficient (Wildman–Crippen LogP) is 5.53. The number of nitrogens with zero attached hydrogens (tertiary/aromatic N) is 3. The van der Waals surface area contributed by atoms with Crippen LogP contribution in [-0.4, -0.2) is 83.3 Å². The van der Waals surface area contributed by atoms with Crippen molar-refractivity contribution in [3.05, 3.63) is 80.5 Å². The number of hydrogen-bond donors (Lipinski definition) is 3. The first-order chi connectivity index (χ1) is 25.6. The molecular formula is C41H43N5O6S. The maximum Gasteiger partial charge on any atom is 0.333 e. The van der Waals surface area contributed by atoms with Gasteiger partial charge in [0.15, 0.2) is 28.5 Å². The van der Waals surface area contributed by atoms with E-state index in [1.807, 2.05) is 19.1 Å². The number of likely N-dealkylation sites (N-methyl/N-ethyl adjacent to an activating group) is 1. The average molecular weight is 734 g/mol. The molecular weight excluding hydrogens is 691 g/mol. The summed E-state index contributed by atoms with van der Waals surface area (Å²) in [4.78, 5) is 23.2. The van der Waals surface area contributed by atoms with Gasteiger partial charge in [-0.15, -0.1) is 11.8 Å². The number of methoxy groups -OCH3 is 1. The molecule has 0 aliphatic carbocycles. The second kappa shape index (κ2) is 11.5. The number of aryl methyl sites for hydroxylation is 1. The van der Waals surface area contributed by atoms with Crippen LogP contribution in [0.4, 0.5) is 0 Å². The van der Waals surface area contributed by atoms with Crippen LogP contribution >= 0.6 is 11.8 Å². The van der Waals surface area contributed by atoms with Gasteiger partial charge in [-0.2, -0.15) is 5.26 Å². The molecule has 8 heterocycles. The number of aromatic hydroxyl groups is 1. The number of esters is 1. The number of aromatic nitrogens is 1. The van der Waals surface area contributed by atoms with Gasteiger partial charge in [0.25, 0.3) is 0 Å². The topological polar surface area (TPSA) is 132 Å². The first-order valence-corrected chi connectivity index (χ1v) is 19.5. The van der Waals surface area contributed by atoms with E-state index >= 15 is 0 Å². The summed E-state index contributed by atoms with van der Waals surface area (Å²) in [6.45, 7) is 8.43. The summed E-state index contributed by atoms with van der Waals surface area (Å²) in [6.07, 6.45) is 1.36. The molecule has 53 heavy (non-hydrogen) atoms. The van der Waals surface area contributed by atoms with Gasteiger partial charge in [-0.25, -0.2) is 4.79 Å². The third-order valence-corrected chi connectivity index (χ3v) is 14.6. The Morgan fingerprint density at radius 1 is 1.08 bits per heavy atom. The molecule has 2 fully saturated rings. The van der Waals surface area contributed by atoms with Crippen molar-refractivity contribution < 1.29 is 28.8 Å². The van der Waals surface area contributed by atoms with Crippen molar-refractivity contribution in [1.29, 1.82) is 5.26 Å². The van der Waals surface area contributed by atoms with Gasteiger partial charge in [-0.3, -0.25) is 15.1 Å². The number of benzene rings is 3.